The minimum Gasteiger partial charge on any atom is -0.497 e. The molecule has 0 radical (unpaired) electrons. The highest BCUT2D eigenvalue weighted by Gasteiger charge is 2.25. The van der Waals surface area contributed by atoms with Gasteiger partial charge in [0, 0.05) is 150 Å². The predicted molar refractivity (Wildman–Crippen MR) is 542 cm³/mol. The average Bonchev–Trinajstić information content (AvgIpc) is 1.61. The molecule has 6 aromatic heterocycles. The van der Waals surface area contributed by atoms with Crippen LogP contribution in [0.3, 0.4) is 0 Å². The van der Waals surface area contributed by atoms with Gasteiger partial charge in [-0.05, 0) is 223 Å². The number of aryl methyl sites for hydroxylation is 5. The highest BCUT2D eigenvalue weighted by atomic mass is 79.9. The van der Waals surface area contributed by atoms with Gasteiger partial charge in [0.15, 0.2) is 11.5 Å². The molecule has 3 N–H and O–H groups in total. The topological polar surface area (TPSA) is 349 Å². The Labute approximate surface area is 805 Å². The Morgan fingerprint density at radius 3 is 1.29 bits per heavy atom. The summed E-state index contributed by atoms with van der Waals surface area (Å²) in [6, 6.07) is 83.8. The van der Waals surface area contributed by atoms with Gasteiger partial charge in [-0.25, -0.2) is 16.8 Å². The van der Waals surface area contributed by atoms with Crippen molar-refractivity contribution in [1.82, 2.24) is 27.4 Å². The molecule has 0 unspecified atom stereocenters. The van der Waals surface area contributed by atoms with Crippen LogP contribution in [0.2, 0.25) is 0 Å². The molecule has 1 aliphatic rings. The fraction of sp³-hybridized carbons (Fsp3) is 0.179. The number of hydrogen-bond acceptors (Lipinski definition) is 17. The summed E-state index contributed by atoms with van der Waals surface area (Å²) in [6.07, 6.45) is 4.07. The van der Waals surface area contributed by atoms with Gasteiger partial charge in [0.25, 0.3) is 0 Å². The highest BCUT2D eigenvalue weighted by Crippen LogP contribution is 2.42. The van der Waals surface area contributed by atoms with Gasteiger partial charge in [-0.15, -0.1) is 0 Å². The third kappa shape index (κ3) is 21.2. The van der Waals surface area contributed by atoms with Crippen molar-refractivity contribution in [2.45, 2.75) is 81.6 Å². The van der Waals surface area contributed by atoms with Crippen LogP contribution in [-0.4, -0.2) is 97.9 Å². The summed E-state index contributed by atoms with van der Waals surface area (Å²) in [5.74, 6) is 10.6. The molecule has 0 fully saturated rings. The number of aromatic nitrogens is 6. The van der Waals surface area contributed by atoms with E-state index in [4.69, 9.17) is 33.7 Å². The van der Waals surface area contributed by atoms with Crippen LogP contribution in [0, 0.1) is 101 Å². The fourth-order valence-corrected chi connectivity index (χ4v) is 18.3. The molecule has 7 heterocycles. The lowest BCUT2D eigenvalue weighted by Crippen LogP contribution is -2.09. The molecule has 0 saturated heterocycles. The Kier molecular flexibility index (Phi) is 30.5. The smallest absolute Gasteiger partial charge is 0.231 e. The van der Waals surface area contributed by atoms with E-state index in [9.17, 15) is 47.9 Å². The molecule has 18 rings (SSSR count). The van der Waals surface area contributed by atoms with E-state index in [1.165, 1.54) is 6.92 Å². The second-order valence-corrected chi connectivity index (χ2v) is 36.5. The second kappa shape index (κ2) is 42.6. The number of methoxy groups -OCH3 is 4. The number of fused-ring (bicyclic) bond motifs is 7. The maximum atomic E-state index is 11.4. The third-order valence-electron chi connectivity index (χ3n) is 22.6. The van der Waals surface area contributed by atoms with Crippen LogP contribution in [0.4, 0.5) is 17.1 Å². The first kappa shape index (κ1) is 97.4. The van der Waals surface area contributed by atoms with Crippen LogP contribution in [0.1, 0.15) is 96.2 Å². The lowest BCUT2D eigenvalue weighted by Gasteiger charge is -2.10. The van der Waals surface area contributed by atoms with E-state index in [1.54, 1.807) is 64.8 Å². The first-order valence-electron chi connectivity index (χ1n) is 42.7. The van der Waals surface area contributed by atoms with Crippen molar-refractivity contribution in [2.75, 3.05) is 62.5 Å². The van der Waals surface area contributed by atoms with Crippen LogP contribution in [0.25, 0.3) is 99.3 Å². The molecule has 136 heavy (non-hydrogen) atoms. The number of carbonyl (C=O) groups is 1. The normalized spacial score (nSPS) is 11.0. The molecule has 30 heteroatoms. The summed E-state index contributed by atoms with van der Waals surface area (Å²) < 4.78 is 96.6. The lowest BCUT2D eigenvalue weighted by molar-refractivity contribution is -0.114. The second-order valence-electron chi connectivity index (χ2n) is 31.1. The Balaban J connectivity index is 0.000000139. The standard InChI is InChI=1S/C21H19N3O3S.C20H19N3O2.C19H19N3O3S.C18H14N2O2.C16H11BrN2O.C12H11BrN2/c1-4-24-20(19(14-22)18-11-10-17(27-2)13-21(18)24)12-7-15-5-8-16(9-6-15)23-28(3,25)26;1-4-23-19-11-16(25-3)9-10-17(19)18(12-21)20(23)14-5-7-15(8-6-14)22-13(2)24;1-4-22-18-11-15(25-2)9-10-16(18)17(12-20)19(22)13-5-7-14(8-6-13)21-26(3,23)24;1-11-3-5-14-15(9-19)12(2)20(16(14)7-11)13-4-6-17-18(8-13)22-10-21-17;1-20-14-5-3-13(4-6-14)19-10-11(9-18)15-7-2-12(17)8-16(15)19;1-3-15-8(2)11(7-14)10-5-4-9(13)6-12(10)15/h5-6,8-11,13,23H,4H2,1-3H3;5-11H,4H2,1-3H3,(H,22,24);5-11,21H,4H2,1-3H3;3-8H,10H2,1-2H3;2-8,10H,1H3;4-6H,3H2,1-2H3. The van der Waals surface area contributed by atoms with Crippen LogP contribution < -0.4 is 43.2 Å². The van der Waals surface area contributed by atoms with Crippen molar-refractivity contribution in [3.63, 3.8) is 0 Å². The Morgan fingerprint density at radius 2 is 0.816 bits per heavy atom. The van der Waals surface area contributed by atoms with Gasteiger partial charge in [0.2, 0.25) is 32.7 Å². The molecule has 1 aliphatic heterocycles. The Morgan fingerprint density at radius 1 is 0.404 bits per heavy atom. The average molecular weight is 1980 g/mol. The molecule has 0 bridgehead atoms. The van der Waals surface area contributed by atoms with Crippen molar-refractivity contribution in [2.24, 2.45) is 0 Å². The Hall–Kier alpha value is -16.1. The molecule has 0 atom stereocenters. The number of nitrogens with one attached hydrogen (secondary N) is 3. The van der Waals surface area contributed by atoms with E-state index in [1.807, 2.05) is 219 Å². The molecule has 0 aliphatic carbocycles. The number of anilines is 3. The van der Waals surface area contributed by atoms with E-state index >= 15 is 0 Å². The number of amides is 1. The summed E-state index contributed by atoms with van der Waals surface area (Å²) in [6.45, 7) is 18.9. The quantitative estimate of drug-likeness (QED) is 0.0713. The number of nitrogens with zero attached hydrogens (tertiary/aromatic N) is 12. The van der Waals surface area contributed by atoms with Crippen molar-refractivity contribution < 1.29 is 50.1 Å². The number of nitriles is 6. The zero-order valence-electron chi connectivity index (χ0n) is 76.9. The van der Waals surface area contributed by atoms with Gasteiger partial charge in [0.1, 0.15) is 65.1 Å². The number of ether oxygens (including phenoxy) is 6. The molecule has 684 valence electrons. The van der Waals surface area contributed by atoms with Gasteiger partial charge < -0.3 is 61.1 Å². The lowest BCUT2D eigenvalue weighted by atomic mass is 10.1. The molecule has 0 saturated carbocycles. The number of rotatable bonds is 17. The Bertz CT molecular complexity index is 8080. The van der Waals surface area contributed by atoms with E-state index in [0.29, 0.717) is 63.5 Å². The van der Waals surface area contributed by atoms with Crippen molar-refractivity contribution in [3.05, 3.63) is 301 Å². The molecule has 0 spiro atoms. The summed E-state index contributed by atoms with van der Waals surface area (Å²) in [5, 5.41) is 65.3. The van der Waals surface area contributed by atoms with Crippen LogP contribution in [0.5, 0.6) is 34.5 Å². The van der Waals surface area contributed by atoms with Gasteiger partial charge in [0.05, 0.1) is 119 Å². The van der Waals surface area contributed by atoms with E-state index in [-0.39, 0.29) is 12.7 Å². The minimum absolute atomic E-state index is 0.111. The molecular formula is C106H93Br2N15O11S2. The summed E-state index contributed by atoms with van der Waals surface area (Å²) in [4.78, 5) is 11.2. The number of hydrogen-bond donors (Lipinski definition) is 3. The van der Waals surface area contributed by atoms with Crippen molar-refractivity contribution in [3.8, 4) is 117 Å². The number of carbonyl (C=O) groups excluding carboxylic acids is 1. The molecule has 26 nitrogen and oxygen atoms in total. The maximum Gasteiger partial charge on any atom is 0.231 e. The van der Waals surface area contributed by atoms with Gasteiger partial charge in [-0.1, -0.05) is 86.3 Å². The first-order valence-corrected chi connectivity index (χ1v) is 48.1. The van der Waals surface area contributed by atoms with Gasteiger partial charge in [-0.3, -0.25) is 14.2 Å². The number of sulfonamides is 2. The summed E-state index contributed by atoms with van der Waals surface area (Å²) in [5.41, 5.74) is 21.5. The van der Waals surface area contributed by atoms with Crippen molar-refractivity contribution >= 4 is 140 Å². The largest absolute Gasteiger partial charge is 0.497 e. The van der Waals surface area contributed by atoms with Crippen LogP contribution >= 0.6 is 31.9 Å². The molecule has 1 amide bonds. The molecule has 17 aromatic rings. The van der Waals surface area contributed by atoms with Crippen LogP contribution in [-0.2, 0) is 51.0 Å². The molecule has 11 aromatic carbocycles. The fourth-order valence-electron chi connectivity index (χ4n) is 16.5. The van der Waals surface area contributed by atoms with Gasteiger partial charge in [-0.2, -0.15) is 31.6 Å². The number of halogens is 2. The van der Waals surface area contributed by atoms with Gasteiger partial charge >= 0.3 is 0 Å². The van der Waals surface area contributed by atoms with Crippen molar-refractivity contribution in [1.29, 1.82) is 31.6 Å². The predicted octanol–water partition coefficient (Wildman–Crippen LogP) is 22.8. The van der Waals surface area contributed by atoms with E-state index in [2.05, 4.69) is 146 Å². The van der Waals surface area contributed by atoms with Crippen LogP contribution in [0.15, 0.2) is 240 Å². The monoisotopic (exact) mass is 1970 g/mol. The first-order chi connectivity index (χ1) is 65.4. The number of benzene rings is 11. The zero-order chi connectivity index (χ0) is 97.6. The highest BCUT2D eigenvalue weighted by molar-refractivity contribution is 9.10. The summed E-state index contributed by atoms with van der Waals surface area (Å²) >= 11 is 6.93. The van der Waals surface area contributed by atoms with E-state index in [0.717, 1.165) is 197 Å². The summed E-state index contributed by atoms with van der Waals surface area (Å²) in [7, 11) is -0.157. The van der Waals surface area contributed by atoms with E-state index < -0.39 is 20.0 Å². The maximum absolute atomic E-state index is 11.4. The minimum atomic E-state index is -3.33. The zero-order valence-corrected chi connectivity index (χ0v) is 81.7. The molecular weight excluding hydrogens is 1880 g/mol. The third-order valence-corrected chi connectivity index (χ3v) is 24.8. The SMILES string of the molecule is CCn1c(-c2ccc(NC(C)=O)cc2)c(C#N)c2ccc(OC)cc21.CCn1c(-c2ccc(NS(C)(=O)=O)cc2)c(C#N)c2ccc(OC)cc21.CCn1c(C#Cc2ccc(NS(C)(=O)=O)cc2)c(C#N)c2ccc(OC)cc21.CCn1c(C)c(C#N)c2ccc(Br)cc21.COc1ccc(-n2cc(C#N)c3ccc(Br)cc32)cc1.Cc1ccc2c(C#N)c(C)n(-c3ccc4c(c3)OCO4)c2c1.